The monoisotopic (exact) mass is 666 g/mol. The van der Waals surface area contributed by atoms with Gasteiger partial charge in [-0.3, -0.25) is 4.79 Å². The van der Waals surface area contributed by atoms with E-state index >= 15 is 0 Å². The van der Waals surface area contributed by atoms with Crippen LogP contribution in [0.5, 0.6) is 5.75 Å². The SMILES string of the molecule is CC1=CC(Cl)C(OCCOc2ccc(CC(CN)C(=O)N(Cc3cc(C(F)(F)F)ccc3C(F)(F)F)C3CC3)cc2)C(Cl)C1. The quantitative estimate of drug-likeness (QED) is 0.111. The van der Waals surface area contributed by atoms with Gasteiger partial charge in [0.05, 0.1) is 40.5 Å². The number of alkyl halides is 8. The van der Waals surface area contributed by atoms with Crippen LogP contribution in [0.25, 0.3) is 0 Å². The van der Waals surface area contributed by atoms with Crippen molar-refractivity contribution in [1.29, 1.82) is 0 Å². The molecule has 44 heavy (non-hydrogen) atoms. The molecule has 2 N–H and O–H groups in total. The first kappa shape index (κ1) is 34.4. The first-order chi connectivity index (χ1) is 20.7. The molecule has 0 saturated heterocycles. The van der Waals surface area contributed by atoms with Crippen molar-refractivity contribution in [2.75, 3.05) is 19.8 Å². The zero-order valence-corrected chi connectivity index (χ0v) is 25.4. The van der Waals surface area contributed by atoms with E-state index in [9.17, 15) is 31.1 Å². The first-order valence-electron chi connectivity index (χ1n) is 14.2. The van der Waals surface area contributed by atoms with Crippen LogP contribution in [0.3, 0.4) is 0 Å². The third-order valence-corrected chi connectivity index (χ3v) is 8.46. The van der Waals surface area contributed by atoms with Crippen molar-refractivity contribution < 1.29 is 40.6 Å². The van der Waals surface area contributed by atoms with Gasteiger partial charge >= 0.3 is 12.4 Å². The van der Waals surface area contributed by atoms with Gasteiger partial charge in [-0.15, -0.1) is 23.2 Å². The van der Waals surface area contributed by atoms with Crippen LogP contribution < -0.4 is 10.5 Å². The van der Waals surface area contributed by atoms with Gasteiger partial charge in [0.1, 0.15) is 12.4 Å². The summed E-state index contributed by atoms with van der Waals surface area (Å²) in [7, 11) is 0. The summed E-state index contributed by atoms with van der Waals surface area (Å²) in [6.07, 6.45) is -6.13. The molecule has 0 radical (unpaired) electrons. The van der Waals surface area contributed by atoms with E-state index in [4.69, 9.17) is 38.4 Å². The standard InChI is InChI=1S/C31H34Cl2F6N2O3/c1-18-12-26(32)28(27(33)13-18)44-11-10-43-24-7-2-19(3-8-24)14-20(16-40)29(42)41(23-5-6-23)17-21-15-22(30(34,35)36)4-9-25(21)31(37,38)39/h2-4,7-9,12,15,20,23,26-28H,5-6,10-11,13-14,16-17,40H2,1H3. The van der Waals surface area contributed by atoms with Crippen LogP contribution in [0.15, 0.2) is 54.1 Å². The second-order valence-corrected chi connectivity index (χ2v) is 12.3. The number of hydrogen-bond acceptors (Lipinski definition) is 4. The molecule has 4 atom stereocenters. The highest BCUT2D eigenvalue weighted by Crippen LogP contribution is 2.39. The molecule has 1 fully saturated rings. The minimum Gasteiger partial charge on any atom is -0.491 e. The van der Waals surface area contributed by atoms with Crippen LogP contribution in [-0.4, -0.2) is 53.5 Å². The Labute approximate surface area is 262 Å². The Kier molecular flexibility index (Phi) is 11.2. The molecule has 4 rings (SSSR count). The molecule has 13 heteroatoms. The van der Waals surface area contributed by atoms with Crippen molar-refractivity contribution in [3.8, 4) is 5.75 Å². The highest BCUT2D eigenvalue weighted by atomic mass is 35.5. The van der Waals surface area contributed by atoms with Gasteiger partial charge in [-0.1, -0.05) is 23.8 Å². The molecule has 4 unspecified atom stereocenters. The summed E-state index contributed by atoms with van der Waals surface area (Å²) < 4.78 is 92.6. The minimum atomic E-state index is -4.88. The van der Waals surface area contributed by atoms with Gasteiger partial charge in [0, 0.05) is 19.1 Å². The van der Waals surface area contributed by atoms with Gasteiger partial charge < -0.3 is 20.1 Å². The Morgan fingerprint density at radius 3 is 2.27 bits per heavy atom. The molecule has 2 aliphatic rings. The molecular formula is C31H34Cl2F6N2O3. The zero-order valence-electron chi connectivity index (χ0n) is 23.9. The fraction of sp³-hybridized carbons (Fsp3) is 0.516. The second-order valence-electron chi connectivity index (χ2n) is 11.2. The molecule has 242 valence electrons. The fourth-order valence-corrected chi connectivity index (χ4v) is 6.26. The highest BCUT2D eigenvalue weighted by Gasteiger charge is 2.40. The maximum atomic E-state index is 13.7. The number of amides is 1. The average molecular weight is 668 g/mol. The van der Waals surface area contributed by atoms with E-state index in [2.05, 4.69) is 0 Å². The fourth-order valence-electron chi connectivity index (χ4n) is 5.24. The molecule has 0 heterocycles. The summed E-state index contributed by atoms with van der Waals surface area (Å²) in [6.45, 7) is 1.80. The van der Waals surface area contributed by atoms with Crippen LogP contribution >= 0.6 is 23.2 Å². The Bertz CT molecular complexity index is 1310. The third kappa shape index (κ3) is 9.05. The molecule has 0 aliphatic heterocycles. The maximum absolute atomic E-state index is 13.7. The molecule has 2 aliphatic carbocycles. The molecule has 0 spiro atoms. The number of benzene rings is 2. The van der Waals surface area contributed by atoms with E-state index in [-0.39, 0.29) is 49.1 Å². The lowest BCUT2D eigenvalue weighted by Gasteiger charge is -2.30. The number of nitrogens with two attached hydrogens (primary N) is 1. The van der Waals surface area contributed by atoms with Gasteiger partial charge in [0.25, 0.3) is 0 Å². The van der Waals surface area contributed by atoms with E-state index in [1.807, 2.05) is 13.0 Å². The summed E-state index contributed by atoms with van der Waals surface area (Å²) in [5, 5.41) is -0.552. The summed E-state index contributed by atoms with van der Waals surface area (Å²) in [6, 6.07) is 7.86. The van der Waals surface area contributed by atoms with Gasteiger partial charge in [0.2, 0.25) is 5.91 Å². The molecule has 2 aromatic carbocycles. The lowest BCUT2D eigenvalue weighted by molar-refractivity contribution is -0.143. The summed E-state index contributed by atoms with van der Waals surface area (Å²) in [5.41, 5.74) is 4.76. The van der Waals surface area contributed by atoms with E-state index in [0.29, 0.717) is 43.2 Å². The Balaban J connectivity index is 1.37. The van der Waals surface area contributed by atoms with Crippen molar-refractivity contribution in [3.63, 3.8) is 0 Å². The number of ether oxygens (including phenoxy) is 2. The molecule has 2 aromatic rings. The van der Waals surface area contributed by atoms with E-state index in [0.717, 1.165) is 11.1 Å². The van der Waals surface area contributed by atoms with Crippen LogP contribution in [0.2, 0.25) is 0 Å². The van der Waals surface area contributed by atoms with Gasteiger partial charge in [-0.2, -0.15) is 26.3 Å². The van der Waals surface area contributed by atoms with Crippen molar-refractivity contribution in [2.45, 2.75) is 74.4 Å². The predicted octanol–water partition coefficient (Wildman–Crippen LogP) is 7.36. The third-order valence-electron chi connectivity index (χ3n) is 7.68. The van der Waals surface area contributed by atoms with E-state index in [1.165, 1.54) is 4.90 Å². The number of nitrogens with zero attached hydrogens (tertiary/aromatic N) is 1. The normalized spacial score (nSPS) is 21.5. The van der Waals surface area contributed by atoms with Gasteiger partial charge in [0.15, 0.2) is 0 Å². The lowest BCUT2D eigenvalue weighted by Crippen LogP contribution is -2.41. The molecule has 5 nitrogen and oxygen atoms in total. The first-order valence-corrected chi connectivity index (χ1v) is 15.1. The average Bonchev–Trinajstić information content (AvgIpc) is 3.78. The van der Waals surface area contributed by atoms with Crippen molar-refractivity contribution in [3.05, 3.63) is 76.4 Å². The van der Waals surface area contributed by atoms with Gasteiger partial charge in [-0.05, 0) is 74.1 Å². The summed E-state index contributed by atoms with van der Waals surface area (Å²) in [4.78, 5) is 14.8. The maximum Gasteiger partial charge on any atom is 0.416 e. The number of carbonyl (C=O) groups excluding carboxylic acids is 1. The minimum absolute atomic E-state index is 0.0919. The van der Waals surface area contributed by atoms with Gasteiger partial charge in [-0.25, -0.2) is 0 Å². The van der Waals surface area contributed by atoms with E-state index < -0.39 is 47.4 Å². The molecule has 0 bridgehead atoms. The summed E-state index contributed by atoms with van der Waals surface area (Å²) in [5.74, 6) is -0.724. The number of carbonyl (C=O) groups is 1. The Morgan fingerprint density at radius 1 is 1.02 bits per heavy atom. The van der Waals surface area contributed by atoms with Crippen LogP contribution in [0.4, 0.5) is 26.3 Å². The second kappa shape index (κ2) is 14.3. The summed E-state index contributed by atoms with van der Waals surface area (Å²) >= 11 is 12.7. The molecular weight excluding hydrogens is 633 g/mol. The molecule has 1 saturated carbocycles. The van der Waals surface area contributed by atoms with Crippen molar-refractivity contribution in [1.82, 2.24) is 4.90 Å². The number of hydrogen-bond donors (Lipinski definition) is 1. The lowest BCUT2D eigenvalue weighted by atomic mass is 9.96. The predicted molar refractivity (Wildman–Crippen MR) is 156 cm³/mol. The molecule has 1 amide bonds. The van der Waals surface area contributed by atoms with Crippen LogP contribution in [-0.2, 0) is 34.8 Å². The van der Waals surface area contributed by atoms with Crippen molar-refractivity contribution in [2.24, 2.45) is 11.7 Å². The number of halogens is 8. The van der Waals surface area contributed by atoms with Crippen LogP contribution in [0.1, 0.15) is 48.4 Å². The Morgan fingerprint density at radius 2 is 1.70 bits per heavy atom. The highest BCUT2D eigenvalue weighted by molar-refractivity contribution is 6.25. The topological polar surface area (TPSA) is 64.8 Å². The zero-order chi connectivity index (χ0) is 32.2. The van der Waals surface area contributed by atoms with Crippen LogP contribution in [0, 0.1) is 5.92 Å². The number of allylic oxidation sites excluding steroid dienone is 1. The Hall–Kier alpha value is -2.47. The number of rotatable bonds is 12. The smallest absolute Gasteiger partial charge is 0.416 e. The van der Waals surface area contributed by atoms with Crippen molar-refractivity contribution >= 4 is 29.1 Å². The largest absolute Gasteiger partial charge is 0.491 e. The van der Waals surface area contributed by atoms with E-state index in [1.54, 1.807) is 24.3 Å². The molecule has 0 aromatic heterocycles.